The van der Waals surface area contributed by atoms with Crippen molar-refractivity contribution in [1.82, 2.24) is 4.98 Å². The monoisotopic (exact) mass is 426 g/mol. The number of hydrogen-bond acceptors (Lipinski definition) is 6. The molecule has 0 fully saturated rings. The molecule has 3 aromatic rings. The minimum absolute atomic E-state index is 0.0306. The largest absolute Gasteiger partial charge is 0.495 e. The maximum Gasteiger partial charge on any atom is 0.341 e. The number of para-hydroxylation sites is 1. The highest BCUT2D eigenvalue weighted by molar-refractivity contribution is 7.17. The zero-order chi connectivity index (χ0) is 21.3. The van der Waals surface area contributed by atoms with Crippen LogP contribution < -0.4 is 15.5 Å². The van der Waals surface area contributed by atoms with E-state index in [1.165, 1.54) is 24.6 Å². The molecule has 1 aromatic carbocycles. The third-order valence-corrected chi connectivity index (χ3v) is 6.43. The van der Waals surface area contributed by atoms with Gasteiger partial charge in [-0.25, -0.2) is 4.79 Å². The highest BCUT2D eigenvalue weighted by Crippen LogP contribution is 2.38. The molecule has 2 heterocycles. The van der Waals surface area contributed by atoms with Gasteiger partial charge in [-0.1, -0.05) is 6.07 Å². The van der Waals surface area contributed by atoms with Gasteiger partial charge in [-0.15, -0.1) is 11.3 Å². The topological polar surface area (TPSA) is 97.5 Å². The number of aromatic amines is 1. The number of carbonyl (C=O) groups excluding carboxylic acids is 2. The van der Waals surface area contributed by atoms with Crippen LogP contribution in [-0.2, 0) is 17.6 Å². The van der Waals surface area contributed by atoms with Crippen LogP contribution in [0.2, 0.25) is 0 Å². The molecular weight excluding hydrogens is 404 g/mol. The zero-order valence-electron chi connectivity index (χ0n) is 16.8. The molecule has 0 atom stereocenters. The lowest BCUT2D eigenvalue weighted by atomic mass is 9.95. The number of amides is 1. The van der Waals surface area contributed by atoms with Crippen molar-refractivity contribution in [2.24, 2.45) is 0 Å². The molecule has 0 radical (unpaired) electrons. The predicted octanol–water partition coefficient (Wildman–Crippen LogP) is 3.91. The second kappa shape index (κ2) is 8.31. The summed E-state index contributed by atoms with van der Waals surface area (Å²) in [6, 6.07) is 5.07. The lowest BCUT2D eigenvalue weighted by Crippen LogP contribution is -2.22. The first-order valence-corrected chi connectivity index (χ1v) is 10.7. The molecule has 1 aliphatic rings. The number of nitrogens with one attached hydrogen (secondary N) is 2. The van der Waals surface area contributed by atoms with Crippen LogP contribution in [0.3, 0.4) is 0 Å². The Hall–Kier alpha value is -3.13. The van der Waals surface area contributed by atoms with Crippen molar-refractivity contribution in [2.75, 3.05) is 19.0 Å². The van der Waals surface area contributed by atoms with Crippen LogP contribution in [0.5, 0.6) is 5.75 Å². The number of ether oxygens (including phenoxy) is 2. The molecule has 156 valence electrons. The van der Waals surface area contributed by atoms with Gasteiger partial charge in [-0.3, -0.25) is 9.59 Å². The molecule has 30 heavy (non-hydrogen) atoms. The summed E-state index contributed by atoms with van der Waals surface area (Å²) in [4.78, 5) is 42.5. The Morgan fingerprint density at radius 1 is 1.23 bits per heavy atom. The summed E-state index contributed by atoms with van der Waals surface area (Å²) < 4.78 is 10.5. The van der Waals surface area contributed by atoms with E-state index in [0.717, 1.165) is 36.1 Å². The number of pyridine rings is 1. The fourth-order valence-corrected chi connectivity index (χ4v) is 5.08. The summed E-state index contributed by atoms with van der Waals surface area (Å²) in [5, 5.41) is 3.58. The number of aromatic nitrogens is 1. The molecule has 0 aliphatic heterocycles. The average Bonchev–Trinajstić information content (AvgIpc) is 3.11. The molecule has 4 rings (SSSR count). The van der Waals surface area contributed by atoms with Gasteiger partial charge in [0.2, 0.25) is 5.43 Å². The van der Waals surface area contributed by atoms with Gasteiger partial charge in [0, 0.05) is 11.1 Å². The molecule has 7 nitrogen and oxygen atoms in total. The summed E-state index contributed by atoms with van der Waals surface area (Å²) in [6.07, 6.45) is 5.08. The van der Waals surface area contributed by atoms with Crippen LogP contribution in [0.15, 0.2) is 29.2 Å². The van der Waals surface area contributed by atoms with E-state index < -0.39 is 17.3 Å². The van der Waals surface area contributed by atoms with Crippen LogP contribution >= 0.6 is 11.3 Å². The van der Waals surface area contributed by atoms with Crippen LogP contribution in [0.25, 0.3) is 10.9 Å². The first-order chi connectivity index (χ1) is 14.5. The summed E-state index contributed by atoms with van der Waals surface area (Å²) in [7, 11) is 1.52. The number of H-pyrrole nitrogens is 1. The van der Waals surface area contributed by atoms with E-state index >= 15 is 0 Å². The third-order valence-electron chi connectivity index (χ3n) is 5.22. The van der Waals surface area contributed by atoms with Crippen molar-refractivity contribution in [2.45, 2.75) is 32.6 Å². The molecule has 8 heteroatoms. The number of rotatable bonds is 5. The van der Waals surface area contributed by atoms with Gasteiger partial charge in [0.1, 0.15) is 16.3 Å². The molecule has 0 bridgehead atoms. The van der Waals surface area contributed by atoms with Gasteiger partial charge in [-0.2, -0.15) is 0 Å². The Labute approximate surface area is 177 Å². The van der Waals surface area contributed by atoms with Crippen molar-refractivity contribution in [3.63, 3.8) is 0 Å². The van der Waals surface area contributed by atoms with Crippen molar-refractivity contribution in [1.29, 1.82) is 0 Å². The van der Waals surface area contributed by atoms with Crippen LogP contribution in [-0.4, -0.2) is 30.6 Å². The summed E-state index contributed by atoms with van der Waals surface area (Å²) >= 11 is 1.39. The molecule has 0 spiro atoms. The minimum Gasteiger partial charge on any atom is -0.495 e. The van der Waals surface area contributed by atoms with Crippen molar-refractivity contribution >= 4 is 39.1 Å². The maximum atomic E-state index is 13.0. The minimum atomic E-state index is -0.565. The number of aryl methyl sites for hydroxylation is 1. The van der Waals surface area contributed by atoms with Gasteiger partial charge in [0.05, 0.1) is 30.2 Å². The highest BCUT2D eigenvalue weighted by atomic mass is 32.1. The Morgan fingerprint density at radius 3 is 2.80 bits per heavy atom. The van der Waals surface area contributed by atoms with E-state index in [9.17, 15) is 14.4 Å². The molecule has 0 saturated carbocycles. The predicted molar refractivity (Wildman–Crippen MR) is 116 cm³/mol. The van der Waals surface area contributed by atoms with E-state index in [4.69, 9.17) is 9.47 Å². The Kier molecular flexibility index (Phi) is 5.59. The van der Waals surface area contributed by atoms with E-state index in [1.54, 1.807) is 25.1 Å². The SMILES string of the molecule is CCOC(=O)c1c(NC(=O)c2c[nH]c3c(OC)cccc3c2=O)sc2c1CCCC2. The zero-order valence-corrected chi connectivity index (χ0v) is 17.6. The number of benzene rings is 1. The maximum absolute atomic E-state index is 13.0. The van der Waals surface area contributed by atoms with Crippen LogP contribution in [0.4, 0.5) is 5.00 Å². The number of anilines is 1. The second-order valence-corrected chi connectivity index (χ2v) is 8.11. The van der Waals surface area contributed by atoms with Crippen molar-refractivity contribution in [3.8, 4) is 5.75 Å². The lowest BCUT2D eigenvalue weighted by molar-refractivity contribution is 0.0526. The number of esters is 1. The van der Waals surface area contributed by atoms with Gasteiger partial charge in [0.25, 0.3) is 5.91 Å². The number of carbonyl (C=O) groups is 2. The Bertz CT molecular complexity index is 1190. The number of fused-ring (bicyclic) bond motifs is 2. The van der Waals surface area contributed by atoms with Crippen LogP contribution in [0, 0.1) is 0 Å². The summed E-state index contributed by atoms with van der Waals surface area (Å²) in [6.45, 7) is 2.00. The molecule has 0 unspecified atom stereocenters. The van der Waals surface area contributed by atoms with Gasteiger partial charge in [0.15, 0.2) is 0 Å². The number of hydrogen-bond donors (Lipinski definition) is 2. The van der Waals surface area contributed by atoms with E-state index in [-0.39, 0.29) is 12.2 Å². The first-order valence-electron chi connectivity index (χ1n) is 9.86. The van der Waals surface area contributed by atoms with Gasteiger partial charge >= 0.3 is 5.97 Å². The third kappa shape index (κ3) is 3.47. The number of methoxy groups -OCH3 is 1. The van der Waals surface area contributed by atoms with Gasteiger partial charge in [-0.05, 0) is 50.3 Å². The summed E-state index contributed by atoms with van der Waals surface area (Å²) in [5.41, 5.74) is 1.47. The first kappa shape index (κ1) is 20.2. The van der Waals surface area contributed by atoms with Crippen molar-refractivity contribution < 1.29 is 19.1 Å². The fourth-order valence-electron chi connectivity index (χ4n) is 3.81. The molecule has 1 aliphatic carbocycles. The van der Waals surface area contributed by atoms with E-state index in [0.29, 0.717) is 27.2 Å². The Morgan fingerprint density at radius 2 is 2.03 bits per heavy atom. The number of thiophene rings is 1. The molecule has 2 aromatic heterocycles. The van der Waals surface area contributed by atoms with E-state index in [2.05, 4.69) is 10.3 Å². The van der Waals surface area contributed by atoms with Crippen LogP contribution in [0.1, 0.15) is 50.9 Å². The fraction of sp³-hybridized carbons (Fsp3) is 0.318. The quantitative estimate of drug-likeness (QED) is 0.603. The normalized spacial score (nSPS) is 13.0. The highest BCUT2D eigenvalue weighted by Gasteiger charge is 2.28. The second-order valence-electron chi connectivity index (χ2n) is 7.00. The summed E-state index contributed by atoms with van der Waals surface area (Å²) in [5.74, 6) is -0.485. The Balaban J connectivity index is 1.73. The van der Waals surface area contributed by atoms with E-state index in [1.807, 2.05) is 0 Å². The molecule has 0 saturated heterocycles. The smallest absolute Gasteiger partial charge is 0.341 e. The lowest BCUT2D eigenvalue weighted by Gasteiger charge is -2.12. The van der Waals surface area contributed by atoms with Crippen molar-refractivity contribution in [3.05, 3.63) is 56.2 Å². The standard InChI is InChI=1S/C22H22N2O5S/c1-3-29-22(27)17-12-7-4-5-10-16(12)30-21(17)24-20(26)14-11-23-18-13(19(14)25)8-6-9-15(18)28-2/h6,8-9,11H,3-5,7,10H2,1-2H3,(H,23,25)(H,24,26). The molecule has 2 N–H and O–H groups in total. The van der Waals surface area contributed by atoms with Gasteiger partial charge < -0.3 is 19.8 Å². The molecular formula is C22H22N2O5S. The molecule has 1 amide bonds. The average molecular weight is 426 g/mol.